The zero-order valence-electron chi connectivity index (χ0n) is 21.8. The van der Waals surface area contributed by atoms with Crippen molar-refractivity contribution < 1.29 is 13.7 Å². The number of rotatable bonds is 5. The molecular weight excluding hydrogens is 495 g/mol. The number of halogens is 1. The molecule has 194 valence electrons. The fraction of sp³-hybridized carbons (Fsp3) is 0.346. The summed E-state index contributed by atoms with van der Waals surface area (Å²) in [5.41, 5.74) is 1.97. The first-order chi connectivity index (χ1) is 17.4. The Hall–Kier alpha value is -3.73. The molecule has 0 saturated carbocycles. The molecule has 9 nitrogen and oxygen atoms in total. The number of aryl methyl sites for hydroxylation is 1. The number of nitrogens with zero attached hydrogens (tertiary/aromatic N) is 4. The number of fused-ring (bicyclic) bond motifs is 1. The van der Waals surface area contributed by atoms with Gasteiger partial charge in [-0.25, -0.2) is 19.2 Å². The van der Waals surface area contributed by atoms with E-state index in [4.69, 9.17) is 4.52 Å². The van der Waals surface area contributed by atoms with Crippen LogP contribution in [0.3, 0.4) is 0 Å². The fourth-order valence-corrected chi connectivity index (χ4v) is 4.22. The largest absolute Gasteiger partial charge is 0.338 e. The van der Waals surface area contributed by atoms with Crippen molar-refractivity contribution in [3.8, 4) is 11.1 Å². The number of carbonyl (C=O) groups excluding carboxylic acids is 1. The molecule has 1 aromatic carbocycles. The Balaban J connectivity index is 1.73. The van der Waals surface area contributed by atoms with E-state index in [-0.39, 0.29) is 28.6 Å². The van der Waals surface area contributed by atoms with Gasteiger partial charge in [0.15, 0.2) is 5.16 Å². The number of anilines is 2. The van der Waals surface area contributed by atoms with Gasteiger partial charge in [-0.05, 0) is 56.4 Å². The number of aromatic nitrogens is 4. The highest BCUT2D eigenvalue weighted by atomic mass is 32.2. The molecule has 0 aliphatic carbocycles. The Labute approximate surface area is 217 Å². The third-order valence-electron chi connectivity index (χ3n) is 5.82. The summed E-state index contributed by atoms with van der Waals surface area (Å²) in [5, 5.41) is 10.2. The van der Waals surface area contributed by atoms with E-state index in [9.17, 15) is 14.0 Å². The number of thioether (sulfide) groups is 1. The van der Waals surface area contributed by atoms with Crippen molar-refractivity contribution in [3.05, 3.63) is 57.9 Å². The van der Waals surface area contributed by atoms with Crippen LogP contribution in [0.15, 0.2) is 44.9 Å². The van der Waals surface area contributed by atoms with Gasteiger partial charge in [-0.3, -0.25) is 14.7 Å². The molecule has 0 aliphatic rings. The van der Waals surface area contributed by atoms with Crippen LogP contribution in [0.25, 0.3) is 22.2 Å². The summed E-state index contributed by atoms with van der Waals surface area (Å²) in [6, 6.07) is 5.17. The van der Waals surface area contributed by atoms with Crippen LogP contribution in [0.4, 0.5) is 20.8 Å². The summed E-state index contributed by atoms with van der Waals surface area (Å²) < 4.78 is 21.6. The summed E-state index contributed by atoms with van der Waals surface area (Å²) >= 11 is 1.39. The highest BCUT2D eigenvalue weighted by molar-refractivity contribution is 7.98. The van der Waals surface area contributed by atoms with Gasteiger partial charge in [-0.15, -0.1) is 0 Å². The van der Waals surface area contributed by atoms with Crippen molar-refractivity contribution in [1.82, 2.24) is 19.7 Å². The first-order valence-electron chi connectivity index (χ1n) is 11.7. The zero-order valence-corrected chi connectivity index (χ0v) is 22.6. The molecule has 37 heavy (non-hydrogen) atoms. The molecule has 0 spiro atoms. The summed E-state index contributed by atoms with van der Waals surface area (Å²) in [7, 11) is 0. The maximum absolute atomic E-state index is 14.9. The monoisotopic (exact) mass is 524 g/mol. The molecule has 2 amide bonds. The SMILES string of the molecule is CSc1ncc2cc(-c3cc(NC(=O)Nc4cc(C(C)(C)C)no4)c(F)cc3C)c(=O)n(C(C)C)c2n1. The van der Waals surface area contributed by atoms with Gasteiger partial charge in [-0.2, -0.15) is 0 Å². The summed E-state index contributed by atoms with van der Waals surface area (Å²) in [6.07, 6.45) is 3.54. The minimum absolute atomic E-state index is 0.0850. The second-order valence-corrected chi connectivity index (χ2v) is 10.8. The molecule has 0 radical (unpaired) electrons. The number of amides is 2. The van der Waals surface area contributed by atoms with Gasteiger partial charge < -0.3 is 9.84 Å². The number of urea groups is 1. The third kappa shape index (κ3) is 5.36. The molecule has 11 heteroatoms. The van der Waals surface area contributed by atoms with E-state index < -0.39 is 11.8 Å². The van der Waals surface area contributed by atoms with Gasteiger partial charge in [0.05, 0.1) is 11.4 Å². The maximum atomic E-state index is 14.9. The number of carbonyl (C=O) groups is 1. The number of hydrogen-bond donors (Lipinski definition) is 2. The molecule has 0 saturated heterocycles. The first-order valence-corrected chi connectivity index (χ1v) is 12.9. The van der Waals surface area contributed by atoms with E-state index in [0.29, 0.717) is 38.6 Å². The molecular formula is C26H29FN6O3S. The van der Waals surface area contributed by atoms with Gasteiger partial charge >= 0.3 is 6.03 Å². The Morgan fingerprint density at radius 3 is 2.49 bits per heavy atom. The highest BCUT2D eigenvalue weighted by Crippen LogP contribution is 2.30. The minimum Gasteiger partial charge on any atom is -0.338 e. The van der Waals surface area contributed by atoms with E-state index in [2.05, 4.69) is 25.8 Å². The van der Waals surface area contributed by atoms with Crippen LogP contribution in [-0.2, 0) is 5.41 Å². The van der Waals surface area contributed by atoms with Crippen LogP contribution in [0, 0.1) is 12.7 Å². The molecule has 0 bridgehead atoms. The van der Waals surface area contributed by atoms with Crippen LogP contribution in [0.1, 0.15) is 51.9 Å². The summed E-state index contributed by atoms with van der Waals surface area (Å²) in [6.45, 7) is 11.4. The quantitative estimate of drug-likeness (QED) is 0.238. The standard InChI is InChI=1S/C26H29FN6O3S/c1-13(2)33-22-15(12-28-25(31-22)37-7)9-17(23(33)34)16-10-19(18(27)8-14(16)3)29-24(35)30-21-11-20(32-36-21)26(4,5)6/h8-13H,1-7H3,(H2,29,30,35). The molecule has 0 fully saturated rings. The molecule has 4 rings (SSSR count). The predicted molar refractivity (Wildman–Crippen MR) is 144 cm³/mol. The van der Waals surface area contributed by atoms with Crippen molar-refractivity contribution in [2.24, 2.45) is 0 Å². The predicted octanol–water partition coefficient (Wildman–Crippen LogP) is 6.14. The van der Waals surface area contributed by atoms with Gasteiger partial charge in [0.2, 0.25) is 5.88 Å². The Kier molecular flexibility index (Phi) is 7.09. The fourth-order valence-electron chi connectivity index (χ4n) is 3.89. The van der Waals surface area contributed by atoms with Crippen LogP contribution in [-0.4, -0.2) is 32.0 Å². The van der Waals surface area contributed by atoms with E-state index in [0.717, 1.165) is 0 Å². The van der Waals surface area contributed by atoms with Crippen molar-refractivity contribution in [2.45, 2.75) is 58.2 Å². The number of hydrogen-bond acceptors (Lipinski definition) is 7. The van der Waals surface area contributed by atoms with Crippen LogP contribution >= 0.6 is 11.8 Å². The Morgan fingerprint density at radius 1 is 1.14 bits per heavy atom. The lowest BCUT2D eigenvalue weighted by atomic mass is 9.92. The number of nitrogens with one attached hydrogen (secondary N) is 2. The van der Waals surface area contributed by atoms with Gasteiger partial charge in [0, 0.05) is 34.7 Å². The molecule has 3 heterocycles. The normalized spacial score (nSPS) is 11.8. The van der Waals surface area contributed by atoms with Gasteiger partial charge in [0.25, 0.3) is 5.56 Å². The van der Waals surface area contributed by atoms with Crippen LogP contribution in [0.2, 0.25) is 0 Å². The van der Waals surface area contributed by atoms with Crippen LogP contribution in [0.5, 0.6) is 0 Å². The van der Waals surface area contributed by atoms with Gasteiger partial charge in [-0.1, -0.05) is 37.7 Å². The van der Waals surface area contributed by atoms with E-state index >= 15 is 0 Å². The smallest absolute Gasteiger partial charge is 0.326 e. The van der Waals surface area contributed by atoms with E-state index in [1.807, 2.05) is 40.9 Å². The van der Waals surface area contributed by atoms with Crippen molar-refractivity contribution >= 4 is 40.4 Å². The lowest BCUT2D eigenvalue weighted by molar-refractivity contribution is 0.261. The number of pyridine rings is 1. The molecule has 0 aliphatic heterocycles. The van der Waals surface area contributed by atoms with E-state index in [1.54, 1.807) is 29.8 Å². The summed E-state index contributed by atoms with van der Waals surface area (Å²) in [4.78, 5) is 35.1. The Morgan fingerprint density at radius 2 is 1.86 bits per heavy atom. The summed E-state index contributed by atoms with van der Waals surface area (Å²) in [5.74, 6) is -0.503. The number of benzene rings is 1. The van der Waals surface area contributed by atoms with Crippen molar-refractivity contribution in [2.75, 3.05) is 16.9 Å². The lowest BCUT2D eigenvalue weighted by Gasteiger charge is -2.17. The lowest BCUT2D eigenvalue weighted by Crippen LogP contribution is -2.25. The average Bonchev–Trinajstić information content (AvgIpc) is 3.29. The minimum atomic E-state index is -0.707. The third-order valence-corrected chi connectivity index (χ3v) is 6.38. The molecule has 3 aromatic heterocycles. The second-order valence-electron chi connectivity index (χ2n) is 10.0. The molecule has 2 N–H and O–H groups in total. The molecule has 0 unspecified atom stereocenters. The molecule has 0 atom stereocenters. The second kappa shape index (κ2) is 9.97. The first kappa shape index (κ1) is 26.3. The van der Waals surface area contributed by atoms with Crippen molar-refractivity contribution in [1.29, 1.82) is 0 Å². The van der Waals surface area contributed by atoms with Gasteiger partial charge in [0.1, 0.15) is 11.5 Å². The Bertz CT molecular complexity index is 1550. The molecule has 4 aromatic rings. The van der Waals surface area contributed by atoms with Crippen molar-refractivity contribution in [3.63, 3.8) is 0 Å². The topological polar surface area (TPSA) is 115 Å². The maximum Gasteiger partial charge on any atom is 0.326 e. The highest BCUT2D eigenvalue weighted by Gasteiger charge is 2.21. The average molecular weight is 525 g/mol. The zero-order chi connectivity index (χ0) is 27.1. The van der Waals surface area contributed by atoms with Crippen LogP contribution < -0.4 is 16.2 Å². The van der Waals surface area contributed by atoms with E-state index in [1.165, 1.54) is 23.9 Å².